The maximum absolute atomic E-state index is 4.81. The standard InChI is InChI=1S/C7H13N5O2/c1-13-4-10-6-8-3-9-7(12-6)11-5-14-2/h3H,4-5H2,1-2H3,(H2,8,9,10,11,12). The average Bonchev–Trinajstić information content (AvgIpc) is 2.24. The predicted molar refractivity (Wildman–Crippen MR) is 50.8 cm³/mol. The van der Waals surface area contributed by atoms with Gasteiger partial charge in [-0.05, 0) is 0 Å². The largest absolute Gasteiger partial charge is 0.364 e. The van der Waals surface area contributed by atoms with Gasteiger partial charge in [-0.3, -0.25) is 0 Å². The number of ether oxygens (including phenoxy) is 2. The molecule has 1 aromatic heterocycles. The Kier molecular flexibility index (Phi) is 4.59. The topological polar surface area (TPSA) is 81.2 Å². The van der Waals surface area contributed by atoms with Crippen molar-refractivity contribution in [3.05, 3.63) is 6.33 Å². The lowest BCUT2D eigenvalue weighted by atomic mass is 10.8. The van der Waals surface area contributed by atoms with Gasteiger partial charge in [-0.25, -0.2) is 9.97 Å². The molecule has 0 aliphatic rings. The van der Waals surface area contributed by atoms with Crippen molar-refractivity contribution >= 4 is 11.9 Å². The summed E-state index contributed by atoms with van der Waals surface area (Å²) in [6, 6.07) is 0. The van der Waals surface area contributed by atoms with E-state index < -0.39 is 0 Å². The summed E-state index contributed by atoms with van der Waals surface area (Å²) in [5.41, 5.74) is 0. The second-order valence-electron chi connectivity index (χ2n) is 2.35. The molecule has 0 bridgehead atoms. The van der Waals surface area contributed by atoms with E-state index in [0.717, 1.165) is 0 Å². The molecule has 0 saturated heterocycles. The highest BCUT2D eigenvalue weighted by atomic mass is 16.5. The summed E-state index contributed by atoms with van der Waals surface area (Å²) in [6.45, 7) is 0.710. The van der Waals surface area contributed by atoms with Crippen LogP contribution in [-0.4, -0.2) is 42.6 Å². The summed E-state index contributed by atoms with van der Waals surface area (Å²) < 4.78 is 9.62. The van der Waals surface area contributed by atoms with Crippen molar-refractivity contribution in [3.63, 3.8) is 0 Å². The van der Waals surface area contributed by atoms with E-state index in [0.29, 0.717) is 25.4 Å². The van der Waals surface area contributed by atoms with E-state index in [1.165, 1.54) is 6.33 Å². The molecule has 0 amide bonds. The van der Waals surface area contributed by atoms with Gasteiger partial charge in [0.2, 0.25) is 11.9 Å². The van der Waals surface area contributed by atoms with E-state index in [1.807, 2.05) is 0 Å². The molecule has 7 heteroatoms. The monoisotopic (exact) mass is 199 g/mol. The van der Waals surface area contributed by atoms with E-state index in [-0.39, 0.29) is 0 Å². The van der Waals surface area contributed by atoms with Gasteiger partial charge in [0, 0.05) is 14.2 Å². The Balaban J connectivity index is 2.50. The molecule has 0 aliphatic carbocycles. The molecule has 1 rings (SSSR count). The highest BCUT2D eigenvalue weighted by Crippen LogP contribution is 2.00. The summed E-state index contributed by atoms with van der Waals surface area (Å²) in [5.74, 6) is 0.918. The molecule has 0 atom stereocenters. The molecule has 78 valence electrons. The molecule has 1 heterocycles. The fourth-order valence-electron chi connectivity index (χ4n) is 0.740. The zero-order valence-corrected chi connectivity index (χ0v) is 8.15. The fraction of sp³-hybridized carbons (Fsp3) is 0.571. The molecule has 2 N–H and O–H groups in total. The van der Waals surface area contributed by atoms with E-state index in [9.17, 15) is 0 Å². The van der Waals surface area contributed by atoms with Crippen LogP contribution in [-0.2, 0) is 9.47 Å². The maximum Gasteiger partial charge on any atom is 0.229 e. The number of hydrogen-bond donors (Lipinski definition) is 2. The van der Waals surface area contributed by atoms with Gasteiger partial charge in [0.15, 0.2) is 0 Å². The Bertz CT molecular complexity index is 247. The molecule has 7 nitrogen and oxygen atoms in total. The van der Waals surface area contributed by atoms with Crippen LogP contribution in [0.25, 0.3) is 0 Å². The second-order valence-corrected chi connectivity index (χ2v) is 2.35. The lowest BCUT2D eigenvalue weighted by molar-refractivity contribution is 0.219. The Hall–Kier alpha value is -1.47. The summed E-state index contributed by atoms with van der Waals surface area (Å²) in [7, 11) is 3.16. The molecule has 0 fully saturated rings. The first-order valence-electron chi connectivity index (χ1n) is 4.01. The fourth-order valence-corrected chi connectivity index (χ4v) is 0.740. The Morgan fingerprint density at radius 3 is 2.00 bits per heavy atom. The van der Waals surface area contributed by atoms with Crippen LogP contribution in [0.2, 0.25) is 0 Å². The number of aromatic nitrogens is 3. The van der Waals surface area contributed by atoms with Crippen molar-refractivity contribution in [2.45, 2.75) is 0 Å². The van der Waals surface area contributed by atoms with Crippen molar-refractivity contribution in [2.24, 2.45) is 0 Å². The van der Waals surface area contributed by atoms with Crippen molar-refractivity contribution in [3.8, 4) is 0 Å². The molecule has 0 radical (unpaired) electrons. The van der Waals surface area contributed by atoms with Crippen molar-refractivity contribution in [1.29, 1.82) is 0 Å². The first-order chi connectivity index (χ1) is 6.86. The third-order valence-electron chi connectivity index (χ3n) is 1.32. The van der Waals surface area contributed by atoms with Gasteiger partial charge < -0.3 is 20.1 Å². The minimum Gasteiger partial charge on any atom is -0.364 e. The molecule has 0 spiro atoms. The number of hydrogen-bond acceptors (Lipinski definition) is 7. The van der Waals surface area contributed by atoms with Gasteiger partial charge in [-0.1, -0.05) is 0 Å². The number of rotatable bonds is 6. The van der Waals surface area contributed by atoms with E-state index in [1.54, 1.807) is 14.2 Å². The zero-order chi connectivity index (χ0) is 10.2. The molecular weight excluding hydrogens is 186 g/mol. The van der Waals surface area contributed by atoms with Gasteiger partial charge in [-0.15, -0.1) is 0 Å². The van der Waals surface area contributed by atoms with Crippen LogP contribution in [0.3, 0.4) is 0 Å². The Morgan fingerprint density at radius 2 is 1.57 bits per heavy atom. The van der Waals surface area contributed by atoms with Crippen LogP contribution in [0.4, 0.5) is 11.9 Å². The lowest BCUT2D eigenvalue weighted by Gasteiger charge is -2.05. The van der Waals surface area contributed by atoms with Crippen LogP contribution < -0.4 is 10.6 Å². The molecule has 1 aromatic rings. The van der Waals surface area contributed by atoms with E-state index in [2.05, 4.69) is 25.6 Å². The summed E-state index contributed by atoms with van der Waals surface area (Å²) >= 11 is 0. The lowest BCUT2D eigenvalue weighted by Crippen LogP contribution is -2.11. The van der Waals surface area contributed by atoms with Crippen molar-refractivity contribution < 1.29 is 9.47 Å². The van der Waals surface area contributed by atoms with Crippen molar-refractivity contribution in [2.75, 3.05) is 38.3 Å². The minimum atomic E-state index is 0.355. The van der Waals surface area contributed by atoms with Crippen LogP contribution >= 0.6 is 0 Å². The summed E-state index contributed by atoms with van der Waals surface area (Å²) in [5, 5.41) is 5.69. The molecule has 0 aromatic carbocycles. The van der Waals surface area contributed by atoms with Gasteiger partial charge >= 0.3 is 0 Å². The summed E-state index contributed by atoms with van der Waals surface area (Å²) in [4.78, 5) is 11.8. The third kappa shape index (κ3) is 3.50. The summed E-state index contributed by atoms with van der Waals surface area (Å²) in [6.07, 6.45) is 1.41. The maximum atomic E-state index is 4.81. The Morgan fingerprint density at radius 1 is 1.07 bits per heavy atom. The number of anilines is 2. The van der Waals surface area contributed by atoms with Gasteiger partial charge in [0.05, 0.1) is 0 Å². The van der Waals surface area contributed by atoms with E-state index >= 15 is 0 Å². The van der Waals surface area contributed by atoms with Gasteiger partial charge in [-0.2, -0.15) is 4.98 Å². The molecule has 0 saturated carbocycles. The highest BCUT2D eigenvalue weighted by molar-refractivity contribution is 5.31. The number of nitrogens with zero attached hydrogens (tertiary/aromatic N) is 3. The highest BCUT2D eigenvalue weighted by Gasteiger charge is 1.98. The average molecular weight is 199 g/mol. The third-order valence-corrected chi connectivity index (χ3v) is 1.32. The number of methoxy groups -OCH3 is 2. The smallest absolute Gasteiger partial charge is 0.229 e. The minimum absolute atomic E-state index is 0.355. The van der Waals surface area contributed by atoms with Gasteiger partial charge in [0.25, 0.3) is 0 Å². The molecule has 14 heavy (non-hydrogen) atoms. The molecule has 0 aliphatic heterocycles. The molecule has 0 unspecified atom stereocenters. The predicted octanol–water partition coefficient (Wildman–Crippen LogP) is -0.0968. The quantitative estimate of drug-likeness (QED) is 0.619. The van der Waals surface area contributed by atoms with Gasteiger partial charge in [0.1, 0.15) is 19.8 Å². The normalized spacial score (nSPS) is 9.86. The Labute approximate surface area is 81.9 Å². The zero-order valence-electron chi connectivity index (χ0n) is 8.15. The van der Waals surface area contributed by atoms with Crippen LogP contribution in [0.1, 0.15) is 0 Å². The first-order valence-corrected chi connectivity index (χ1v) is 4.01. The van der Waals surface area contributed by atoms with Crippen molar-refractivity contribution in [1.82, 2.24) is 15.0 Å². The molecular formula is C7H13N5O2. The van der Waals surface area contributed by atoms with Crippen LogP contribution in [0.5, 0.6) is 0 Å². The van der Waals surface area contributed by atoms with Crippen LogP contribution in [0.15, 0.2) is 6.33 Å². The second kappa shape index (κ2) is 6.06. The number of nitrogens with one attached hydrogen (secondary N) is 2. The SMILES string of the molecule is COCNc1ncnc(NCOC)n1. The first kappa shape index (κ1) is 10.6. The van der Waals surface area contributed by atoms with Crippen LogP contribution in [0, 0.1) is 0 Å². The van der Waals surface area contributed by atoms with E-state index in [4.69, 9.17) is 9.47 Å².